The predicted octanol–water partition coefficient (Wildman–Crippen LogP) is 4.25. The highest BCUT2D eigenvalue weighted by Crippen LogP contribution is 2.34. The van der Waals surface area contributed by atoms with Crippen molar-refractivity contribution in [3.05, 3.63) is 47.2 Å². The van der Waals surface area contributed by atoms with E-state index in [1.807, 2.05) is 24.4 Å². The summed E-state index contributed by atoms with van der Waals surface area (Å²) in [4.78, 5) is 4.22. The first-order valence-corrected chi connectivity index (χ1v) is 6.98. The number of pyridine rings is 1. The summed E-state index contributed by atoms with van der Waals surface area (Å²) in [6.07, 6.45) is 2.59. The highest BCUT2D eigenvalue weighted by Gasteiger charge is 2.09. The van der Waals surface area contributed by atoms with Crippen LogP contribution < -0.4 is 5.73 Å². The van der Waals surface area contributed by atoms with E-state index in [1.54, 1.807) is 23.6 Å². The van der Waals surface area contributed by atoms with Gasteiger partial charge in [0.2, 0.25) is 0 Å². The van der Waals surface area contributed by atoms with Gasteiger partial charge in [-0.1, -0.05) is 6.92 Å². The van der Waals surface area contributed by atoms with Gasteiger partial charge in [0.1, 0.15) is 11.6 Å². The van der Waals surface area contributed by atoms with Crippen LogP contribution in [0.4, 0.5) is 10.2 Å². The SMILES string of the molecule is CCc1cc(-c2csc3ccc(F)cc23)cnc1N. The van der Waals surface area contributed by atoms with Crippen LogP contribution in [0.15, 0.2) is 35.8 Å². The van der Waals surface area contributed by atoms with Crippen LogP contribution in [-0.4, -0.2) is 4.98 Å². The number of thiophene rings is 1. The zero-order valence-corrected chi connectivity index (χ0v) is 11.3. The molecule has 3 aromatic rings. The quantitative estimate of drug-likeness (QED) is 0.757. The Morgan fingerprint density at radius 3 is 2.95 bits per heavy atom. The number of aryl methyl sites for hydroxylation is 1. The van der Waals surface area contributed by atoms with E-state index in [2.05, 4.69) is 4.98 Å². The van der Waals surface area contributed by atoms with Crippen molar-refractivity contribution < 1.29 is 4.39 Å². The van der Waals surface area contributed by atoms with Gasteiger partial charge in [-0.2, -0.15) is 0 Å². The van der Waals surface area contributed by atoms with Gasteiger partial charge >= 0.3 is 0 Å². The average molecular weight is 272 g/mol. The number of hydrogen-bond donors (Lipinski definition) is 1. The Kier molecular flexibility index (Phi) is 2.95. The largest absolute Gasteiger partial charge is 0.383 e. The third-order valence-electron chi connectivity index (χ3n) is 3.23. The maximum Gasteiger partial charge on any atom is 0.126 e. The minimum absolute atomic E-state index is 0.216. The number of rotatable bonds is 2. The molecule has 2 heterocycles. The van der Waals surface area contributed by atoms with E-state index in [1.165, 1.54) is 6.07 Å². The van der Waals surface area contributed by atoms with Gasteiger partial charge in [-0.3, -0.25) is 0 Å². The number of nitrogen functional groups attached to an aromatic ring is 1. The number of hydrogen-bond acceptors (Lipinski definition) is 3. The molecule has 0 atom stereocenters. The van der Waals surface area contributed by atoms with Crippen LogP contribution in [0.1, 0.15) is 12.5 Å². The summed E-state index contributed by atoms with van der Waals surface area (Å²) in [7, 11) is 0. The van der Waals surface area contributed by atoms with E-state index >= 15 is 0 Å². The van der Waals surface area contributed by atoms with Gasteiger partial charge in [-0.25, -0.2) is 9.37 Å². The molecule has 96 valence electrons. The lowest BCUT2D eigenvalue weighted by Crippen LogP contribution is -1.96. The fourth-order valence-electron chi connectivity index (χ4n) is 2.18. The summed E-state index contributed by atoms with van der Waals surface area (Å²) in [6.45, 7) is 2.04. The van der Waals surface area contributed by atoms with Crippen LogP contribution in [0.5, 0.6) is 0 Å². The Bertz CT molecular complexity index is 749. The van der Waals surface area contributed by atoms with Gasteiger partial charge in [-0.05, 0) is 41.6 Å². The van der Waals surface area contributed by atoms with Crippen LogP contribution in [0.3, 0.4) is 0 Å². The second kappa shape index (κ2) is 4.63. The van der Waals surface area contributed by atoms with E-state index in [0.29, 0.717) is 5.82 Å². The lowest BCUT2D eigenvalue weighted by Gasteiger charge is -2.05. The van der Waals surface area contributed by atoms with Crippen molar-refractivity contribution in [2.75, 3.05) is 5.73 Å². The summed E-state index contributed by atoms with van der Waals surface area (Å²) in [6, 6.07) is 6.91. The van der Waals surface area contributed by atoms with Gasteiger partial charge in [0.15, 0.2) is 0 Å². The Morgan fingerprint density at radius 1 is 1.32 bits per heavy atom. The number of nitrogens with two attached hydrogens (primary N) is 1. The van der Waals surface area contributed by atoms with Gasteiger partial charge < -0.3 is 5.73 Å². The molecule has 0 aliphatic carbocycles. The number of nitrogens with zero attached hydrogens (tertiary/aromatic N) is 1. The molecule has 0 saturated carbocycles. The van der Waals surface area contributed by atoms with Crippen molar-refractivity contribution in [1.82, 2.24) is 4.98 Å². The van der Waals surface area contributed by atoms with Crippen molar-refractivity contribution in [1.29, 1.82) is 0 Å². The first kappa shape index (κ1) is 12.1. The van der Waals surface area contributed by atoms with E-state index in [0.717, 1.165) is 33.2 Å². The Hall–Kier alpha value is -1.94. The van der Waals surface area contributed by atoms with E-state index in [9.17, 15) is 4.39 Å². The molecule has 0 saturated heterocycles. The maximum absolute atomic E-state index is 13.4. The Balaban J connectivity index is 2.21. The molecule has 2 aromatic heterocycles. The minimum Gasteiger partial charge on any atom is -0.383 e. The number of anilines is 1. The second-order valence-electron chi connectivity index (χ2n) is 4.41. The summed E-state index contributed by atoms with van der Waals surface area (Å²) in [5.41, 5.74) is 8.85. The average Bonchev–Trinajstić information content (AvgIpc) is 2.82. The monoisotopic (exact) mass is 272 g/mol. The molecule has 0 spiro atoms. The van der Waals surface area contributed by atoms with Crippen molar-refractivity contribution >= 4 is 27.2 Å². The second-order valence-corrected chi connectivity index (χ2v) is 5.32. The highest BCUT2D eigenvalue weighted by molar-refractivity contribution is 7.17. The van der Waals surface area contributed by atoms with Crippen molar-refractivity contribution in [3.63, 3.8) is 0 Å². The summed E-state index contributed by atoms with van der Waals surface area (Å²) < 4.78 is 14.5. The predicted molar refractivity (Wildman–Crippen MR) is 78.8 cm³/mol. The molecule has 2 nitrogen and oxygen atoms in total. The molecule has 19 heavy (non-hydrogen) atoms. The molecular formula is C15H13FN2S. The maximum atomic E-state index is 13.4. The molecule has 0 bridgehead atoms. The Labute approximate surface area is 114 Å². The van der Waals surface area contributed by atoms with Crippen molar-refractivity contribution in [2.45, 2.75) is 13.3 Å². The van der Waals surface area contributed by atoms with E-state index < -0.39 is 0 Å². The van der Waals surface area contributed by atoms with Crippen molar-refractivity contribution in [2.24, 2.45) is 0 Å². The normalized spacial score (nSPS) is 11.1. The minimum atomic E-state index is -0.216. The molecule has 0 radical (unpaired) electrons. The number of aromatic nitrogens is 1. The number of fused-ring (bicyclic) bond motifs is 1. The van der Waals surface area contributed by atoms with Crippen LogP contribution in [0, 0.1) is 5.82 Å². The molecule has 2 N–H and O–H groups in total. The lowest BCUT2D eigenvalue weighted by atomic mass is 10.0. The molecule has 4 heteroatoms. The van der Waals surface area contributed by atoms with Gasteiger partial charge in [0.05, 0.1) is 0 Å². The zero-order valence-electron chi connectivity index (χ0n) is 10.5. The van der Waals surface area contributed by atoms with Gasteiger partial charge in [0.25, 0.3) is 0 Å². The molecule has 0 aliphatic rings. The first-order valence-electron chi connectivity index (χ1n) is 6.10. The van der Waals surface area contributed by atoms with Crippen LogP contribution in [0.2, 0.25) is 0 Å². The zero-order chi connectivity index (χ0) is 13.4. The number of benzene rings is 1. The molecule has 1 aromatic carbocycles. The number of halogens is 1. The van der Waals surface area contributed by atoms with Crippen LogP contribution >= 0.6 is 11.3 Å². The molecule has 0 fully saturated rings. The third-order valence-corrected chi connectivity index (χ3v) is 4.19. The molecule has 0 amide bonds. The molecular weight excluding hydrogens is 259 g/mol. The Morgan fingerprint density at radius 2 is 2.16 bits per heavy atom. The molecule has 0 aliphatic heterocycles. The van der Waals surface area contributed by atoms with Gasteiger partial charge in [-0.15, -0.1) is 11.3 Å². The van der Waals surface area contributed by atoms with Crippen molar-refractivity contribution in [3.8, 4) is 11.1 Å². The third kappa shape index (κ3) is 2.08. The fraction of sp³-hybridized carbons (Fsp3) is 0.133. The highest BCUT2D eigenvalue weighted by atomic mass is 32.1. The standard InChI is InChI=1S/C15H13FN2S/c1-2-9-5-10(7-18-15(9)17)13-8-19-14-4-3-11(16)6-12(13)14/h3-8H,2H2,1H3,(H2,17,18). The molecule has 3 rings (SSSR count). The summed E-state index contributed by atoms with van der Waals surface area (Å²) >= 11 is 1.61. The lowest BCUT2D eigenvalue weighted by molar-refractivity contribution is 0.630. The summed E-state index contributed by atoms with van der Waals surface area (Å²) in [5, 5.41) is 2.97. The van der Waals surface area contributed by atoms with Gasteiger partial charge in [0, 0.05) is 27.4 Å². The van der Waals surface area contributed by atoms with E-state index in [4.69, 9.17) is 5.73 Å². The topological polar surface area (TPSA) is 38.9 Å². The van der Waals surface area contributed by atoms with Crippen LogP contribution in [-0.2, 0) is 6.42 Å². The first-order chi connectivity index (χ1) is 9.19. The summed E-state index contributed by atoms with van der Waals surface area (Å²) in [5.74, 6) is 0.350. The fourth-order valence-corrected chi connectivity index (χ4v) is 3.13. The van der Waals surface area contributed by atoms with Crippen LogP contribution in [0.25, 0.3) is 21.2 Å². The van der Waals surface area contributed by atoms with E-state index in [-0.39, 0.29) is 5.82 Å². The molecule has 0 unspecified atom stereocenters. The smallest absolute Gasteiger partial charge is 0.126 e.